The molecule has 0 aliphatic heterocycles. The summed E-state index contributed by atoms with van der Waals surface area (Å²) < 4.78 is 0. The first-order valence-corrected chi connectivity index (χ1v) is 6.58. The summed E-state index contributed by atoms with van der Waals surface area (Å²) in [6.45, 7) is 6.82. The van der Waals surface area contributed by atoms with Gasteiger partial charge in [-0.05, 0) is 24.3 Å². The lowest BCUT2D eigenvalue weighted by Gasteiger charge is -2.26. The van der Waals surface area contributed by atoms with Gasteiger partial charge in [0.05, 0.1) is 6.61 Å². The van der Waals surface area contributed by atoms with E-state index in [4.69, 9.17) is 0 Å². The molecule has 0 aliphatic rings. The lowest BCUT2D eigenvalue weighted by molar-refractivity contribution is 0.216. The first-order chi connectivity index (χ1) is 8.17. The molecular weight excluding hydrogens is 210 g/mol. The first-order valence-electron chi connectivity index (χ1n) is 6.58. The smallest absolute Gasteiger partial charge is 0.0587 e. The molecule has 0 fully saturated rings. The SMILES string of the molecule is CCC(NC(CO)Cc1ccccc1)C(C)C. The van der Waals surface area contributed by atoms with Crippen molar-refractivity contribution in [1.29, 1.82) is 0 Å². The van der Waals surface area contributed by atoms with E-state index in [2.05, 4.69) is 38.2 Å². The van der Waals surface area contributed by atoms with Gasteiger partial charge in [0.25, 0.3) is 0 Å². The standard InChI is InChI=1S/C15H25NO/c1-4-15(12(2)3)16-14(11-17)10-13-8-6-5-7-9-13/h5-9,12,14-17H,4,10-11H2,1-3H3. The van der Waals surface area contributed by atoms with Crippen LogP contribution in [0.5, 0.6) is 0 Å². The molecule has 2 atom stereocenters. The summed E-state index contributed by atoms with van der Waals surface area (Å²) in [5.74, 6) is 0.602. The van der Waals surface area contributed by atoms with Gasteiger partial charge in [-0.1, -0.05) is 51.1 Å². The molecule has 0 heterocycles. The van der Waals surface area contributed by atoms with E-state index in [0.29, 0.717) is 12.0 Å². The minimum Gasteiger partial charge on any atom is -0.395 e. The molecule has 2 heteroatoms. The van der Waals surface area contributed by atoms with Crippen molar-refractivity contribution in [1.82, 2.24) is 5.32 Å². The molecule has 0 aliphatic carbocycles. The lowest BCUT2D eigenvalue weighted by atomic mass is 9.99. The van der Waals surface area contributed by atoms with E-state index in [1.165, 1.54) is 5.56 Å². The zero-order valence-electron chi connectivity index (χ0n) is 11.2. The van der Waals surface area contributed by atoms with Crippen molar-refractivity contribution in [3.63, 3.8) is 0 Å². The maximum Gasteiger partial charge on any atom is 0.0587 e. The highest BCUT2D eigenvalue weighted by Crippen LogP contribution is 2.09. The summed E-state index contributed by atoms with van der Waals surface area (Å²) in [7, 11) is 0. The van der Waals surface area contributed by atoms with E-state index in [0.717, 1.165) is 12.8 Å². The Morgan fingerprint density at radius 1 is 1.18 bits per heavy atom. The van der Waals surface area contributed by atoms with Crippen molar-refractivity contribution in [3.05, 3.63) is 35.9 Å². The van der Waals surface area contributed by atoms with Crippen molar-refractivity contribution in [2.75, 3.05) is 6.61 Å². The fourth-order valence-electron chi connectivity index (χ4n) is 2.16. The van der Waals surface area contributed by atoms with Crippen LogP contribution in [-0.2, 0) is 6.42 Å². The van der Waals surface area contributed by atoms with Gasteiger partial charge in [0.2, 0.25) is 0 Å². The summed E-state index contributed by atoms with van der Waals surface area (Å²) >= 11 is 0. The van der Waals surface area contributed by atoms with Crippen molar-refractivity contribution >= 4 is 0 Å². The van der Waals surface area contributed by atoms with Gasteiger partial charge < -0.3 is 10.4 Å². The summed E-state index contributed by atoms with van der Waals surface area (Å²) in [5.41, 5.74) is 1.28. The van der Waals surface area contributed by atoms with Crippen LogP contribution in [0.3, 0.4) is 0 Å². The molecule has 2 nitrogen and oxygen atoms in total. The molecule has 2 N–H and O–H groups in total. The second-order valence-electron chi connectivity index (χ2n) is 4.99. The van der Waals surface area contributed by atoms with Gasteiger partial charge in [-0.2, -0.15) is 0 Å². The van der Waals surface area contributed by atoms with Crippen molar-refractivity contribution in [2.45, 2.75) is 45.7 Å². The topological polar surface area (TPSA) is 32.3 Å². The van der Waals surface area contributed by atoms with Gasteiger partial charge in [0.1, 0.15) is 0 Å². The molecule has 2 unspecified atom stereocenters. The van der Waals surface area contributed by atoms with Gasteiger partial charge in [-0.15, -0.1) is 0 Å². The van der Waals surface area contributed by atoms with Crippen LogP contribution in [0, 0.1) is 5.92 Å². The first kappa shape index (κ1) is 14.2. The molecule has 0 spiro atoms. The summed E-state index contributed by atoms with van der Waals surface area (Å²) in [6.07, 6.45) is 1.99. The summed E-state index contributed by atoms with van der Waals surface area (Å²) in [6, 6.07) is 11.0. The monoisotopic (exact) mass is 235 g/mol. The molecule has 0 amide bonds. The van der Waals surface area contributed by atoms with E-state index < -0.39 is 0 Å². The van der Waals surface area contributed by atoms with Crippen molar-refractivity contribution in [2.24, 2.45) is 5.92 Å². The Balaban J connectivity index is 2.54. The molecule has 1 aromatic carbocycles. The van der Waals surface area contributed by atoms with E-state index in [1.54, 1.807) is 0 Å². The predicted octanol–water partition coefficient (Wildman–Crippen LogP) is 2.61. The van der Waals surface area contributed by atoms with Crippen LogP contribution in [0.4, 0.5) is 0 Å². The summed E-state index contributed by atoms with van der Waals surface area (Å²) in [5, 5.41) is 13.0. The number of rotatable bonds is 7. The largest absolute Gasteiger partial charge is 0.395 e. The van der Waals surface area contributed by atoms with Crippen LogP contribution in [0.2, 0.25) is 0 Å². The van der Waals surface area contributed by atoms with Crippen LogP contribution in [0.25, 0.3) is 0 Å². The Morgan fingerprint density at radius 2 is 1.82 bits per heavy atom. The minimum absolute atomic E-state index is 0.157. The van der Waals surface area contributed by atoms with Gasteiger partial charge >= 0.3 is 0 Å². The van der Waals surface area contributed by atoms with E-state index in [1.807, 2.05) is 18.2 Å². The second-order valence-corrected chi connectivity index (χ2v) is 4.99. The zero-order chi connectivity index (χ0) is 12.7. The number of nitrogens with one attached hydrogen (secondary N) is 1. The Morgan fingerprint density at radius 3 is 2.29 bits per heavy atom. The highest BCUT2D eigenvalue weighted by Gasteiger charge is 2.16. The van der Waals surface area contributed by atoms with Gasteiger partial charge in [-0.3, -0.25) is 0 Å². The van der Waals surface area contributed by atoms with Crippen LogP contribution in [-0.4, -0.2) is 23.8 Å². The zero-order valence-corrected chi connectivity index (χ0v) is 11.2. The van der Waals surface area contributed by atoms with E-state index in [-0.39, 0.29) is 12.6 Å². The third kappa shape index (κ3) is 4.88. The quantitative estimate of drug-likeness (QED) is 0.761. The van der Waals surface area contributed by atoms with Gasteiger partial charge in [0.15, 0.2) is 0 Å². The number of hydrogen-bond acceptors (Lipinski definition) is 2. The van der Waals surface area contributed by atoms with E-state index in [9.17, 15) is 5.11 Å². The molecule has 0 saturated heterocycles. The Hall–Kier alpha value is -0.860. The molecule has 1 rings (SSSR count). The number of benzene rings is 1. The van der Waals surface area contributed by atoms with Gasteiger partial charge in [0, 0.05) is 12.1 Å². The molecule has 1 aromatic rings. The van der Waals surface area contributed by atoms with Crippen LogP contribution < -0.4 is 5.32 Å². The molecule has 96 valence electrons. The average molecular weight is 235 g/mol. The van der Waals surface area contributed by atoms with Crippen LogP contribution in [0.15, 0.2) is 30.3 Å². The maximum atomic E-state index is 9.45. The lowest BCUT2D eigenvalue weighted by Crippen LogP contribution is -2.44. The molecular formula is C15H25NO. The third-order valence-electron chi connectivity index (χ3n) is 3.24. The molecule has 0 saturated carbocycles. The molecule has 17 heavy (non-hydrogen) atoms. The molecule has 0 bridgehead atoms. The highest BCUT2D eigenvalue weighted by atomic mass is 16.3. The second kappa shape index (κ2) is 7.46. The molecule has 0 radical (unpaired) electrons. The summed E-state index contributed by atoms with van der Waals surface area (Å²) in [4.78, 5) is 0. The van der Waals surface area contributed by atoms with Gasteiger partial charge in [-0.25, -0.2) is 0 Å². The number of hydrogen-bond donors (Lipinski definition) is 2. The minimum atomic E-state index is 0.157. The van der Waals surface area contributed by atoms with Crippen molar-refractivity contribution in [3.8, 4) is 0 Å². The Labute approximate surface area is 105 Å². The van der Waals surface area contributed by atoms with Crippen LogP contribution >= 0.6 is 0 Å². The normalized spacial score (nSPS) is 14.9. The number of aliphatic hydroxyl groups excluding tert-OH is 1. The third-order valence-corrected chi connectivity index (χ3v) is 3.24. The van der Waals surface area contributed by atoms with Crippen molar-refractivity contribution < 1.29 is 5.11 Å². The average Bonchev–Trinajstić information content (AvgIpc) is 2.35. The molecule has 0 aromatic heterocycles. The number of aliphatic hydroxyl groups is 1. The fraction of sp³-hybridized carbons (Fsp3) is 0.600. The fourth-order valence-corrected chi connectivity index (χ4v) is 2.16. The van der Waals surface area contributed by atoms with Crippen LogP contribution in [0.1, 0.15) is 32.8 Å². The highest BCUT2D eigenvalue weighted by molar-refractivity contribution is 5.15. The maximum absolute atomic E-state index is 9.45. The predicted molar refractivity (Wildman–Crippen MR) is 73.1 cm³/mol. The Kier molecular flexibility index (Phi) is 6.23. The Bertz CT molecular complexity index is 297. The van der Waals surface area contributed by atoms with E-state index >= 15 is 0 Å².